The van der Waals surface area contributed by atoms with Crippen molar-refractivity contribution in [3.63, 3.8) is 0 Å². The number of para-hydroxylation sites is 2. The zero-order chi connectivity index (χ0) is 14.9. The van der Waals surface area contributed by atoms with Crippen molar-refractivity contribution in [2.24, 2.45) is 5.73 Å². The maximum atomic E-state index is 11.5. The van der Waals surface area contributed by atoms with Gasteiger partial charge in [-0.05, 0) is 31.4 Å². The van der Waals surface area contributed by atoms with Crippen LogP contribution >= 0.6 is 0 Å². The molecular weight excluding hydrogens is 288 g/mol. The Morgan fingerprint density at radius 1 is 1.14 bits per heavy atom. The molecule has 2 heterocycles. The molecule has 2 N–H and O–H groups in total. The first-order valence-electron chi connectivity index (χ1n) is 7.50. The van der Waals surface area contributed by atoms with Gasteiger partial charge in [0.05, 0.1) is 17.2 Å². The highest BCUT2D eigenvalue weighted by Crippen LogP contribution is 2.32. The Morgan fingerprint density at radius 3 is 2.52 bits per heavy atom. The lowest BCUT2D eigenvalue weighted by atomic mass is 10.1. The van der Waals surface area contributed by atoms with E-state index in [2.05, 4.69) is 4.90 Å². The number of ether oxygens (including phenoxy) is 1. The molecule has 0 bridgehead atoms. The summed E-state index contributed by atoms with van der Waals surface area (Å²) in [7, 11) is -2.92. The number of nitrogens with two attached hydrogens (primary N) is 1. The summed E-state index contributed by atoms with van der Waals surface area (Å²) in [5.41, 5.74) is 7.00. The molecule has 2 aliphatic rings. The van der Waals surface area contributed by atoms with Crippen LogP contribution in [0.25, 0.3) is 0 Å². The average Bonchev–Trinajstić information content (AvgIpc) is 2.80. The Bertz CT molecular complexity index is 595. The molecule has 2 aliphatic heterocycles. The van der Waals surface area contributed by atoms with Crippen LogP contribution in [0.3, 0.4) is 0 Å². The summed E-state index contributed by atoms with van der Waals surface area (Å²) in [6, 6.07) is 8.17. The predicted molar refractivity (Wildman–Crippen MR) is 83.6 cm³/mol. The monoisotopic (exact) mass is 310 g/mol. The van der Waals surface area contributed by atoms with Gasteiger partial charge in [0, 0.05) is 19.1 Å². The predicted octanol–water partition coefficient (Wildman–Crippen LogP) is 1.18. The molecule has 1 unspecified atom stereocenters. The van der Waals surface area contributed by atoms with E-state index < -0.39 is 9.84 Å². The number of anilines is 1. The molecule has 0 spiro atoms. The van der Waals surface area contributed by atoms with Crippen LogP contribution in [-0.4, -0.2) is 45.2 Å². The lowest BCUT2D eigenvalue weighted by Crippen LogP contribution is -2.40. The summed E-state index contributed by atoms with van der Waals surface area (Å²) in [5, 5.41) is 0. The van der Waals surface area contributed by atoms with Gasteiger partial charge in [-0.15, -0.1) is 0 Å². The van der Waals surface area contributed by atoms with E-state index in [9.17, 15) is 8.42 Å². The summed E-state index contributed by atoms with van der Waals surface area (Å²) in [5.74, 6) is 1.15. The zero-order valence-corrected chi connectivity index (χ0v) is 12.9. The van der Waals surface area contributed by atoms with Crippen molar-refractivity contribution in [2.45, 2.75) is 31.4 Å². The molecule has 0 amide bonds. The van der Waals surface area contributed by atoms with Gasteiger partial charge in [-0.2, -0.15) is 0 Å². The molecular formula is C15H22N2O3S. The van der Waals surface area contributed by atoms with E-state index in [1.165, 1.54) is 0 Å². The van der Waals surface area contributed by atoms with E-state index in [0.717, 1.165) is 37.4 Å². The first-order chi connectivity index (χ1) is 10.0. The van der Waals surface area contributed by atoms with Crippen molar-refractivity contribution < 1.29 is 13.2 Å². The smallest absolute Gasteiger partial charge is 0.154 e. The lowest BCUT2D eigenvalue weighted by Gasteiger charge is -2.33. The SMILES string of the molecule is NC1CCN(c2ccccc2OC2CCS(=O)(=O)C2)CC1. The number of benzene rings is 1. The minimum absolute atomic E-state index is 0.131. The number of hydrogen-bond donors (Lipinski definition) is 1. The molecule has 3 rings (SSSR count). The van der Waals surface area contributed by atoms with Crippen LogP contribution in [0.2, 0.25) is 0 Å². The fourth-order valence-corrected chi connectivity index (χ4v) is 4.58. The molecule has 0 aromatic heterocycles. The van der Waals surface area contributed by atoms with Crippen molar-refractivity contribution in [1.82, 2.24) is 0 Å². The van der Waals surface area contributed by atoms with Gasteiger partial charge in [-0.25, -0.2) is 8.42 Å². The van der Waals surface area contributed by atoms with Crippen LogP contribution in [0.15, 0.2) is 24.3 Å². The first-order valence-corrected chi connectivity index (χ1v) is 9.32. The summed E-state index contributed by atoms with van der Waals surface area (Å²) in [6.45, 7) is 1.84. The average molecular weight is 310 g/mol. The second-order valence-electron chi connectivity index (χ2n) is 5.94. The van der Waals surface area contributed by atoms with E-state index in [-0.39, 0.29) is 23.7 Å². The van der Waals surface area contributed by atoms with Gasteiger partial charge in [0.1, 0.15) is 11.9 Å². The molecule has 116 valence electrons. The molecule has 21 heavy (non-hydrogen) atoms. The summed E-state index contributed by atoms with van der Waals surface area (Å²) < 4.78 is 29.1. The van der Waals surface area contributed by atoms with Gasteiger partial charge in [-0.1, -0.05) is 12.1 Å². The Labute approximate surface area is 126 Å². The molecule has 5 nitrogen and oxygen atoms in total. The molecule has 1 atom stereocenters. The largest absolute Gasteiger partial charge is 0.487 e. The molecule has 0 aliphatic carbocycles. The van der Waals surface area contributed by atoms with Crippen molar-refractivity contribution in [1.29, 1.82) is 0 Å². The van der Waals surface area contributed by atoms with E-state index in [0.29, 0.717) is 6.42 Å². The van der Waals surface area contributed by atoms with Crippen LogP contribution in [0, 0.1) is 0 Å². The summed E-state index contributed by atoms with van der Waals surface area (Å²) in [4.78, 5) is 2.28. The molecule has 1 aromatic carbocycles. The second-order valence-corrected chi connectivity index (χ2v) is 8.16. The molecule has 6 heteroatoms. The van der Waals surface area contributed by atoms with Crippen LogP contribution in [-0.2, 0) is 9.84 Å². The fraction of sp³-hybridized carbons (Fsp3) is 0.600. The number of sulfone groups is 1. The molecule has 1 aromatic rings. The Balaban J connectivity index is 1.74. The maximum absolute atomic E-state index is 11.5. The van der Waals surface area contributed by atoms with Crippen LogP contribution in [0.5, 0.6) is 5.75 Å². The van der Waals surface area contributed by atoms with E-state index in [4.69, 9.17) is 10.5 Å². The number of hydrogen-bond acceptors (Lipinski definition) is 5. The fourth-order valence-electron chi connectivity index (χ4n) is 2.99. The Kier molecular flexibility index (Phi) is 4.08. The first kappa shape index (κ1) is 14.7. The maximum Gasteiger partial charge on any atom is 0.154 e. The number of nitrogens with zero attached hydrogens (tertiary/aromatic N) is 1. The van der Waals surface area contributed by atoms with E-state index in [1.54, 1.807) is 0 Å². The molecule has 2 fully saturated rings. The van der Waals surface area contributed by atoms with Crippen molar-refractivity contribution in [2.75, 3.05) is 29.5 Å². The zero-order valence-electron chi connectivity index (χ0n) is 12.1. The van der Waals surface area contributed by atoms with Crippen LogP contribution in [0.4, 0.5) is 5.69 Å². The van der Waals surface area contributed by atoms with E-state index >= 15 is 0 Å². The third-order valence-corrected chi connectivity index (χ3v) is 5.97. The molecule has 2 saturated heterocycles. The topological polar surface area (TPSA) is 72.6 Å². The van der Waals surface area contributed by atoms with Gasteiger partial charge >= 0.3 is 0 Å². The summed E-state index contributed by atoms with van der Waals surface area (Å²) in [6.07, 6.45) is 2.32. The second kappa shape index (κ2) is 5.85. The Hall–Kier alpha value is -1.27. The van der Waals surface area contributed by atoms with E-state index in [1.807, 2.05) is 24.3 Å². The van der Waals surface area contributed by atoms with Gasteiger partial charge < -0.3 is 15.4 Å². The molecule has 0 saturated carbocycles. The minimum Gasteiger partial charge on any atom is -0.487 e. The highest BCUT2D eigenvalue weighted by atomic mass is 32.2. The molecule has 0 radical (unpaired) electrons. The van der Waals surface area contributed by atoms with Gasteiger partial charge in [0.15, 0.2) is 9.84 Å². The van der Waals surface area contributed by atoms with Crippen molar-refractivity contribution >= 4 is 15.5 Å². The minimum atomic E-state index is -2.92. The third kappa shape index (κ3) is 3.49. The van der Waals surface area contributed by atoms with Crippen molar-refractivity contribution in [3.05, 3.63) is 24.3 Å². The quantitative estimate of drug-likeness (QED) is 0.907. The highest BCUT2D eigenvalue weighted by Gasteiger charge is 2.30. The van der Waals surface area contributed by atoms with Gasteiger partial charge in [0.2, 0.25) is 0 Å². The number of rotatable bonds is 3. The summed E-state index contributed by atoms with van der Waals surface area (Å²) >= 11 is 0. The number of piperidine rings is 1. The Morgan fingerprint density at radius 2 is 1.86 bits per heavy atom. The lowest BCUT2D eigenvalue weighted by molar-refractivity contribution is 0.229. The third-order valence-electron chi connectivity index (χ3n) is 4.23. The van der Waals surface area contributed by atoms with Crippen LogP contribution in [0.1, 0.15) is 19.3 Å². The van der Waals surface area contributed by atoms with Crippen LogP contribution < -0.4 is 15.4 Å². The van der Waals surface area contributed by atoms with Crippen molar-refractivity contribution in [3.8, 4) is 5.75 Å². The normalized spacial score (nSPS) is 26.0. The van der Waals surface area contributed by atoms with Gasteiger partial charge in [-0.3, -0.25) is 0 Å². The highest BCUT2D eigenvalue weighted by molar-refractivity contribution is 7.91. The standard InChI is InChI=1S/C15H22N2O3S/c16-12-5-8-17(9-6-12)14-3-1-2-4-15(14)20-13-7-10-21(18,19)11-13/h1-4,12-13H,5-11,16H2. The van der Waals surface area contributed by atoms with Gasteiger partial charge in [0.25, 0.3) is 0 Å².